The molecule has 0 spiro atoms. The van der Waals surface area contributed by atoms with E-state index in [4.69, 9.17) is 52.2 Å². The molecule has 28 nitrogen and oxygen atoms in total. The number of phenols is 2. The van der Waals surface area contributed by atoms with Gasteiger partial charge in [-0.15, -0.1) is 16.9 Å². The van der Waals surface area contributed by atoms with Crippen LogP contribution in [0.4, 0.5) is 19.2 Å². The monoisotopic (exact) mass is 1800 g/mol. The zero-order chi connectivity index (χ0) is 95.8. The number of benzene rings is 9. The van der Waals surface area contributed by atoms with Gasteiger partial charge in [-0.1, -0.05) is 187 Å². The van der Waals surface area contributed by atoms with Crippen molar-refractivity contribution >= 4 is 71.0 Å². The Morgan fingerprint density at radius 2 is 0.569 bits per heavy atom. The number of hydrogen-bond donors (Lipinski definition) is 6. The van der Waals surface area contributed by atoms with Crippen LogP contribution in [0.15, 0.2) is 243 Å². The summed E-state index contributed by atoms with van der Waals surface area (Å²) in [4.78, 5) is 109. The highest BCUT2D eigenvalue weighted by Gasteiger charge is 2.38. The summed E-state index contributed by atoms with van der Waals surface area (Å²) in [6, 6.07) is 68.7. The van der Waals surface area contributed by atoms with E-state index in [1.54, 1.807) is 185 Å². The highest BCUT2D eigenvalue weighted by molar-refractivity contribution is 7.98. The summed E-state index contributed by atoms with van der Waals surface area (Å²) in [6.45, 7) is 35.4. The number of rotatable bonds is 31. The minimum atomic E-state index is -0.978. The molecule has 4 amide bonds. The molecule has 0 aliphatic heterocycles. The predicted octanol–water partition coefficient (Wildman–Crippen LogP) is 18.7. The van der Waals surface area contributed by atoms with Crippen molar-refractivity contribution in [1.82, 2.24) is 36.4 Å². The number of carbonyl (C=O) groups excluding carboxylic acids is 8. The zero-order valence-electron chi connectivity index (χ0n) is 78.0. The smallest absolute Gasteiger partial charge is 0.408 e. The molecule has 130 heavy (non-hydrogen) atoms. The lowest BCUT2D eigenvalue weighted by Crippen LogP contribution is -2.47. The normalized spacial score (nSPS) is 12.6. The van der Waals surface area contributed by atoms with E-state index in [1.165, 1.54) is 29.1 Å². The van der Waals surface area contributed by atoms with Crippen molar-refractivity contribution in [1.29, 1.82) is 0 Å². The number of fused-ring (bicyclic) bond motifs is 1. The van der Waals surface area contributed by atoms with Crippen molar-refractivity contribution < 1.29 is 101 Å². The van der Waals surface area contributed by atoms with Gasteiger partial charge in [0.2, 0.25) is 0 Å². The molecule has 6 N–H and O–H groups in total. The van der Waals surface area contributed by atoms with E-state index < -0.39 is 117 Å². The van der Waals surface area contributed by atoms with Crippen LogP contribution in [0, 0.1) is 0 Å². The minimum Gasteiger partial charge on any atom is -0.508 e. The topological polar surface area (TPSA) is 357 Å². The minimum absolute atomic E-state index is 0.0869. The molecular weight excluding hydrogens is 1680 g/mol. The van der Waals surface area contributed by atoms with Gasteiger partial charge in [-0.25, -0.2) is 38.4 Å². The number of nitrogens with zero attached hydrogens (tertiary/aromatic N) is 3. The van der Waals surface area contributed by atoms with Gasteiger partial charge in [0.25, 0.3) is 6.79 Å². The van der Waals surface area contributed by atoms with Crippen molar-refractivity contribution in [2.24, 2.45) is 0 Å². The number of aromatic hydroxyl groups is 2. The molecular formula is C101H125N7O21S. The van der Waals surface area contributed by atoms with Gasteiger partial charge in [0.15, 0.2) is 0 Å². The van der Waals surface area contributed by atoms with Gasteiger partial charge in [0.05, 0.1) is 0 Å². The first-order valence-corrected chi connectivity index (χ1v) is 43.9. The summed E-state index contributed by atoms with van der Waals surface area (Å²) in [5, 5.41) is 37.5. The Morgan fingerprint density at radius 1 is 0.323 bits per heavy atom. The summed E-state index contributed by atoms with van der Waals surface area (Å²) in [6.07, 6.45) is 0.0281. The molecule has 10 aromatic rings. The fraction of sp³-hybridized carbons (Fsp3) is 0.386. The highest BCUT2D eigenvalue weighted by atomic mass is 32.2. The Labute approximate surface area is 766 Å². The number of aromatic nitrogens is 3. The van der Waals surface area contributed by atoms with Gasteiger partial charge >= 0.3 is 48.3 Å². The lowest BCUT2D eigenvalue weighted by molar-refractivity contribution is -0.161. The average molecular weight is 1810 g/mol. The largest absolute Gasteiger partial charge is 0.508 e. The van der Waals surface area contributed by atoms with Gasteiger partial charge < -0.3 is 83.7 Å². The van der Waals surface area contributed by atoms with E-state index in [0.29, 0.717) is 17.2 Å². The number of esters is 4. The molecule has 4 atom stereocenters. The summed E-state index contributed by atoms with van der Waals surface area (Å²) in [5.74, 6) is -0.152. The number of amides is 4. The number of ether oxygens (including phenoxy) is 10. The number of para-hydroxylation sites is 1. The van der Waals surface area contributed by atoms with Crippen LogP contribution in [-0.2, 0) is 105 Å². The van der Waals surface area contributed by atoms with Gasteiger partial charge in [0.1, 0.15) is 109 Å². The van der Waals surface area contributed by atoms with Crippen molar-refractivity contribution in [3.8, 4) is 23.0 Å². The van der Waals surface area contributed by atoms with Crippen LogP contribution in [0.1, 0.15) is 183 Å². The van der Waals surface area contributed by atoms with Crippen LogP contribution in [0.2, 0.25) is 0 Å². The van der Waals surface area contributed by atoms with Gasteiger partial charge in [-0.05, 0) is 255 Å². The molecule has 0 saturated heterocycles. The zero-order valence-corrected chi connectivity index (χ0v) is 78.9. The molecule has 0 unspecified atom stereocenters. The number of hydrogen-bond acceptors (Lipinski definition) is 24. The van der Waals surface area contributed by atoms with E-state index in [1.807, 2.05) is 190 Å². The van der Waals surface area contributed by atoms with E-state index in [0.717, 1.165) is 55.8 Å². The first-order chi connectivity index (χ1) is 60.9. The molecule has 1 aromatic heterocycles. The van der Waals surface area contributed by atoms with Gasteiger partial charge in [0, 0.05) is 25.7 Å². The molecule has 9 aromatic carbocycles. The van der Waals surface area contributed by atoms with Crippen molar-refractivity contribution in [3.63, 3.8) is 0 Å². The second kappa shape index (κ2) is 47.1. The van der Waals surface area contributed by atoms with Crippen molar-refractivity contribution in [2.75, 3.05) is 19.0 Å². The molecule has 10 rings (SSSR count). The average Bonchev–Trinajstić information content (AvgIpc) is 1.35. The van der Waals surface area contributed by atoms with Gasteiger partial charge in [-0.2, -0.15) is 0 Å². The SMILES string of the molecule is CC(C)(C)OC(=O)N[C@H](Cc1ccc(O)cc1)C(=O)OC(C)(C)c1ccccc1.CC(C)(C)OC(=O)N[C@H](Cc1ccc(O)cc1)C(=O)OC(C)(C)c1ccccc1.CC(C)(C)OC(=O)N[C@H](Cc1ccc(OCOn2nnc3ccccc32)cc1)C(=O)OC(C)(C)c1ccccc1.CSCOc1ccc(C[C@@H](NC(=O)OC(C)(C)C)C(=O)OC(C)(C)c2ccccc2)cc1. The molecule has 0 fully saturated rings. The molecule has 0 aliphatic carbocycles. The number of thioether (sulfide) groups is 1. The highest BCUT2D eigenvalue weighted by Crippen LogP contribution is 2.32. The lowest BCUT2D eigenvalue weighted by atomic mass is 9.98. The summed E-state index contributed by atoms with van der Waals surface area (Å²) >= 11 is 1.59. The molecule has 0 saturated carbocycles. The molecule has 0 aliphatic rings. The maximum Gasteiger partial charge on any atom is 0.408 e. The Hall–Kier alpha value is -13.3. The quantitative estimate of drug-likeness (QED) is 0.0133. The van der Waals surface area contributed by atoms with Crippen LogP contribution in [-0.4, -0.2) is 139 Å². The third kappa shape index (κ3) is 36.8. The Bertz CT molecular complexity index is 5100. The standard InChI is InChI=1S/C30H34N4O6.C25H33NO5S.2C23H29NO5/c1-29(2,3)40-28(36)31-25(27(35)39-30(4,5)22-11-7-6-8-12-22)19-21-15-17-23(18-16-21)37-20-38-34-26-14-10-9-13-24(26)32-33-34;1-24(2,3)31-23(28)26-21(16-18-12-14-20(15-13-18)29-17-32-6)22(27)30-25(4,5)19-10-8-7-9-11-19;2*1-22(2,3)29-21(27)24-19(15-16-11-13-18(25)14-12-16)20(26)28-23(4,5)17-9-7-6-8-10-17/h6-18,25H,19-20H2,1-5H3,(H,31,36);7-15,21H,16-17H2,1-6H3,(H,26,28);2*6-14,19,25H,15H2,1-5H3,(H,24,27)/t25-;21-;2*19-/m1111/s1. The van der Waals surface area contributed by atoms with E-state index >= 15 is 0 Å². The maximum absolute atomic E-state index is 13.3. The van der Waals surface area contributed by atoms with E-state index in [9.17, 15) is 48.6 Å². The second-order valence-electron chi connectivity index (χ2n) is 36.3. The predicted molar refractivity (Wildman–Crippen MR) is 497 cm³/mol. The van der Waals surface area contributed by atoms with Crippen LogP contribution in [0.5, 0.6) is 23.0 Å². The van der Waals surface area contributed by atoms with Crippen LogP contribution < -0.4 is 35.6 Å². The van der Waals surface area contributed by atoms with Crippen LogP contribution >= 0.6 is 11.8 Å². The van der Waals surface area contributed by atoms with Crippen molar-refractivity contribution in [3.05, 3.63) is 287 Å². The fourth-order valence-corrected chi connectivity index (χ4v) is 12.6. The molecule has 29 heteroatoms. The van der Waals surface area contributed by atoms with Crippen LogP contribution in [0.3, 0.4) is 0 Å². The lowest BCUT2D eigenvalue weighted by Gasteiger charge is -2.29. The number of nitrogens with one attached hydrogen (secondary N) is 4. The number of phenolic OH excluding ortho intramolecular Hbond substituents is 2. The fourth-order valence-electron chi connectivity index (χ4n) is 12.3. The second-order valence-corrected chi connectivity index (χ2v) is 37.1. The third-order valence-electron chi connectivity index (χ3n) is 18.7. The Morgan fingerprint density at radius 3 is 0.831 bits per heavy atom. The van der Waals surface area contributed by atoms with E-state index in [2.05, 4.69) is 31.6 Å². The molecule has 0 radical (unpaired) electrons. The summed E-state index contributed by atoms with van der Waals surface area (Å²) in [7, 11) is 0. The van der Waals surface area contributed by atoms with Crippen molar-refractivity contribution in [2.45, 2.75) is 233 Å². The molecule has 0 bridgehead atoms. The number of alkyl carbamates (subject to hydrolysis) is 4. The molecule has 696 valence electrons. The summed E-state index contributed by atoms with van der Waals surface area (Å²) in [5.41, 5.74) is 1.69. The summed E-state index contributed by atoms with van der Waals surface area (Å²) < 4.78 is 55.8. The third-order valence-corrected chi connectivity index (χ3v) is 19.1. The van der Waals surface area contributed by atoms with E-state index in [-0.39, 0.29) is 44.0 Å². The first-order valence-electron chi connectivity index (χ1n) is 42.5. The Balaban J connectivity index is 0.000000239. The maximum atomic E-state index is 13.3. The number of carbonyl (C=O) groups is 8. The Kier molecular flexibility index (Phi) is 37.6. The molecule has 1 heterocycles. The first kappa shape index (κ1) is 104. The van der Waals surface area contributed by atoms with Crippen LogP contribution in [0.25, 0.3) is 11.0 Å². The van der Waals surface area contributed by atoms with Gasteiger partial charge in [-0.3, -0.25) is 0 Å².